The molecule has 4 aromatic carbocycles. The molecule has 0 bridgehead atoms. The minimum atomic E-state index is -1.19. The number of aryl methyl sites for hydroxylation is 1. The molecular weight excluding hydrogens is 592 g/mol. The molecule has 1 unspecified atom stereocenters. The molecule has 0 saturated carbocycles. The van der Waals surface area contributed by atoms with Gasteiger partial charge in [-0.1, -0.05) is 106 Å². The molecule has 1 aliphatic rings. The quantitative estimate of drug-likeness (QED) is 0.0842. The number of nitrogens with zero attached hydrogens (tertiary/aromatic N) is 2. The number of anilines is 1. The van der Waals surface area contributed by atoms with Gasteiger partial charge in [0.15, 0.2) is 5.60 Å². The van der Waals surface area contributed by atoms with Crippen LogP contribution >= 0.6 is 0 Å². The molecule has 0 fully saturated rings. The molecule has 0 amide bonds. The van der Waals surface area contributed by atoms with Crippen LogP contribution in [0.3, 0.4) is 0 Å². The average molecular weight is 643 g/mol. The molecule has 0 spiro atoms. The van der Waals surface area contributed by atoms with Gasteiger partial charge in [-0.15, -0.1) is 0 Å². The number of hydrogen-bond acceptors (Lipinski definition) is 4. The zero-order valence-corrected chi connectivity index (χ0v) is 29.4. The highest BCUT2D eigenvalue weighted by Crippen LogP contribution is 2.54. The van der Waals surface area contributed by atoms with Crippen LogP contribution in [0.15, 0.2) is 91.0 Å². The van der Waals surface area contributed by atoms with Gasteiger partial charge in [-0.2, -0.15) is 0 Å². The minimum Gasteiger partial charge on any atom is -0.493 e. The third-order valence-corrected chi connectivity index (χ3v) is 10.1. The number of cyclic esters (lactones) is 1. The van der Waals surface area contributed by atoms with E-state index in [1.54, 1.807) is 0 Å². The summed E-state index contributed by atoms with van der Waals surface area (Å²) in [4.78, 5) is 16.2. The number of rotatable bonds is 15. The van der Waals surface area contributed by atoms with Crippen molar-refractivity contribution >= 4 is 22.6 Å². The van der Waals surface area contributed by atoms with Gasteiger partial charge >= 0.3 is 5.97 Å². The Morgan fingerprint density at radius 1 is 0.729 bits per heavy atom. The maximum absolute atomic E-state index is 13.9. The minimum absolute atomic E-state index is 0.311. The zero-order chi connectivity index (χ0) is 33.7. The number of unbranched alkanes of at least 4 members (excludes halogenated alkanes) is 5. The monoisotopic (exact) mass is 642 g/mol. The van der Waals surface area contributed by atoms with Gasteiger partial charge in [0, 0.05) is 64.2 Å². The van der Waals surface area contributed by atoms with E-state index < -0.39 is 5.60 Å². The highest BCUT2D eigenvalue weighted by atomic mass is 16.6. The number of esters is 1. The van der Waals surface area contributed by atoms with Gasteiger partial charge in [0.2, 0.25) is 0 Å². The van der Waals surface area contributed by atoms with Gasteiger partial charge < -0.3 is 18.9 Å². The molecule has 250 valence electrons. The fourth-order valence-electron chi connectivity index (χ4n) is 7.73. The molecule has 0 radical (unpaired) electrons. The van der Waals surface area contributed by atoms with Crippen molar-refractivity contribution in [1.82, 2.24) is 4.57 Å². The van der Waals surface area contributed by atoms with E-state index in [0.29, 0.717) is 12.2 Å². The first kappa shape index (κ1) is 33.4. The van der Waals surface area contributed by atoms with E-state index in [4.69, 9.17) is 9.47 Å². The first-order valence-corrected chi connectivity index (χ1v) is 18.0. The van der Waals surface area contributed by atoms with Crippen molar-refractivity contribution in [3.8, 4) is 16.9 Å². The molecule has 0 aliphatic carbocycles. The van der Waals surface area contributed by atoms with Crippen molar-refractivity contribution < 1.29 is 14.3 Å². The average Bonchev–Trinajstić information content (AvgIpc) is 3.57. The molecule has 1 aliphatic heterocycles. The van der Waals surface area contributed by atoms with E-state index in [2.05, 4.69) is 110 Å². The number of para-hydroxylation sites is 2. The number of carbonyl (C=O) groups is 1. The number of ether oxygens (including phenoxy) is 2. The van der Waals surface area contributed by atoms with Crippen LogP contribution in [0.4, 0.5) is 5.69 Å². The Hall–Kier alpha value is -4.51. The van der Waals surface area contributed by atoms with Crippen molar-refractivity contribution in [2.24, 2.45) is 0 Å². The number of aromatic nitrogens is 1. The molecule has 5 nitrogen and oxygen atoms in total. The fraction of sp³-hybridized carbons (Fsp3) is 0.372. The second-order valence-corrected chi connectivity index (χ2v) is 12.8. The second-order valence-electron chi connectivity index (χ2n) is 12.8. The maximum atomic E-state index is 13.9. The molecule has 6 rings (SSSR count). The van der Waals surface area contributed by atoms with Crippen LogP contribution in [0.1, 0.15) is 99.0 Å². The van der Waals surface area contributed by atoms with Crippen LogP contribution in [-0.4, -0.2) is 30.2 Å². The van der Waals surface area contributed by atoms with Gasteiger partial charge in [0.1, 0.15) is 5.75 Å². The summed E-state index contributed by atoms with van der Waals surface area (Å²) in [5.74, 6) is 0.432. The van der Waals surface area contributed by atoms with Crippen molar-refractivity contribution in [1.29, 1.82) is 0 Å². The Labute approximate surface area is 286 Å². The third kappa shape index (κ3) is 5.89. The highest BCUT2D eigenvalue weighted by Gasteiger charge is 2.52. The summed E-state index contributed by atoms with van der Waals surface area (Å²) in [6, 6.07) is 31.5. The number of hydrogen-bond donors (Lipinski definition) is 0. The van der Waals surface area contributed by atoms with Crippen molar-refractivity contribution in [3.63, 3.8) is 0 Å². The van der Waals surface area contributed by atoms with E-state index in [0.717, 1.165) is 70.7 Å². The largest absolute Gasteiger partial charge is 0.493 e. The van der Waals surface area contributed by atoms with Crippen molar-refractivity contribution in [2.45, 2.75) is 85.3 Å². The smallest absolute Gasteiger partial charge is 0.340 e. The molecular formula is C43H50N2O3. The number of fused-ring (bicyclic) bond motifs is 2. The summed E-state index contributed by atoms with van der Waals surface area (Å²) in [5.41, 5.74) is 7.64. The first-order valence-electron chi connectivity index (χ1n) is 18.0. The van der Waals surface area contributed by atoms with Crippen molar-refractivity contribution in [3.05, 3.63) is 119 Å². The summed E-state index contributed by atoms with van der Waals surface area (Å²) in [6.45, 7) is 14.1. The zero-order valence-electron chi connectivity index (χ0n) is 29.4. The summed E-state index contributed by atoms with van der Waals surface area (Å²) < 4.78 is 15.8. The van der Waals surface area contributed by atoms with Crippen LogP contribution in [-0.2, 0) is 16.9 Å². The highest BCUT2D eigenvalue weighted by molar-refractivity contribution is 5.99. The maximum Gasteiger partial charge on any atom is 0.340 e. The van der Waals surface area contributed by atoms with Gasteiger partial charge in [0.25, 0.3) is 0 Å². The predicted molar refractivity (Wildman–Crippen MR) is 198 cm³/mol. The molecule has 0 N–H and O–H groups in total. The second kappa shape index (κ2) is 14.7. The predicted octanol–water partition coefficient (Wildman–Crippen LogP) is 10.7. The van der Waals surface area contributed by atoms with Gasteiger partial charge in [-0.3, -0.25) is 0 Å². The molecule has 48 heavy (non-hydrogen) atoms. The van der Waals surface area contributed by atoms with E-state index in [9.17, 15) is 4.79 Å². The standard InChI is InChI=1S/C43H50N2O3/c1-6-10-11-12-13-18-30-45-31(5)40(36-21-15-17-25-39(36)45)43(37-23-16-14-20-35(37)42(46)48-43)38-24-19-22-34(41(38)47-9-4)32-26-28-33(29-27-32)44(7-2)8-3/h14-17,19-29H,6-13,18,30H2,1-5H3. The third-order valence-electron chi connectivity index (χ3n) is 10.1. The summed E-state index contributed by atoms with van der Waals surface area (Å²) >= 11 is 0. The van der Waals surface area contributed by atoms with E-state index >= 15 is 0 Å². The Kier molecular flexibility index (Phi) is 10.2. The first-order chi connectivity index (χ1) is 23.5. The van der Waals surface area contributed by atoms with Crippen molar-refractivity contribution in [2.75, 3.05) is 24.6 Å². The summed E-state index contributed by atoms with van der Waals surface area (Å²) in [7, 11) is 0. The lowest BCUT2D eigenvalue weighted by Crippen LogP contribution is -2.31. The summed E-state index contributed by atoms with van der Waals surface area (Å²) in [5, 5.41) is 1.10. The fourth-order valence-corrected chi connectivity index (χ4v) is 7.73. The Balaban J connectivity index is 1.57. The normalized spacial score (nSPS) is 15.5. The van der Waals surface area contributed by atoms with Crippen LogP contribution in [0, 0.1) is 6.92 Å². The molecule has 0 saturated heterocycles. The molecule has 1 atom stereocenters. The van der Waals surface area contributed by atoms with Gasteiger partial charge in [-0.25, -0.2) is 4.79 Å². The lowest BCUT2D eigenvalue weighted by atomic mass is 9.77. The Bertz CT molecular complexity index is 1870. The molecule has 5 heteroatoms. The van der Waals surface area contributed by atoms with Gasteiger partial charge in [-0.05, 0) is 63.9 Å². The molecule has 5 aromatic rings. The van der Waals surface area contributed by atoms with Crippen LogP contribution in [0.2, 0.25) is 0 Å². The van der Waals surface area contributed by atoms with E-state index in [-0.39, 0.29) is 5.97 Å². The van der Waals surface area contributed by atoms with E-state index in [1.807, 2.05) is 25.1 Å². The SMILES string of the molecule is CCCCCCCCn1c(C)c(C2(c3cccc(-c4ccc(N(CC)CC)cc4)c3OCC)OC(=O)c3ccccc32)c2ccccc21. The topological polar surface area (TPSA) is 43.7 Å². The van der Waals surface area contributed by atoms with Crippen LogP contribution in [0.25, 0.3) is 22.0 Å². The van der Waals surface area contributed by atoms with E-state index in [1.165, 1.54) is 43.3 Å². The summed E-state index contributed by atoms with van der Waals surface area (Å²) in [6.07, 6.45) is 7.40. The van der Waals surface area contributed by atoms with Crippen LogP contribution in [0.5, 0.6) is 5.75 Å². The molecule has 1 aromatic heterocycles. The Morgan fingerprint density at radius 2 is 1.40 bits per heavy atom. The number of carbonyl (C=O) groups excluding carboxylic acids is 1. The number of benzene rings is 4. The molecule has 2 heterocycles. The van der Waals surface area contributed by atoms with Crippen LogP contribution < -0.4 is 9.64 Å². The lowest BCUT2D eigenvalue weighted by Gasteiger charge is -2.33. The Morgan fingerprint density at radius 3 is 2.15 bits per heavy atom. The van der Waals surface area contributed by atoms with Gasteiger partial charge in [0.05, 0.1) is 12.2 Å². The lowest BCUT2D eigenvalue weighted by molar-refractivity contribution is 0.0246.